The molecular formula is C18H30N2. The van der Waals surface area contributed by atoms with Gasteiger partial charge in [0.1, 0.15) is 0 Å². The molecule has 1 saturated heterocycles. The van der Waals surface area contributed by atoms with E-state index in [-0.39, 0.29) is 6.04 Å². The van der Waals surface area contributed by atoms with Crippen LogP contribution in [0.25, 0.3) is 0 Å². The van der Waals surface area contributed by atoms with Gasteiger partial charge in [-0.05, 0) is 81.4 Å². The van der Waals surface area contributed by atoms with Crippen LogP contribution in [-0.4, -0.2) is 24.5 Å². The van der Waals surface area contributed by atoms with Crippen LogP contribution < -0.4 is 5.73 Å². The van der Waals surface area contributed by atoms with Crippen molar-refractivity contribution in [1.29, 1.82) is 0 Å². The van der Waals surface area contributed by atoms with Crippen LogP contribution in [0.1, 0.15) is 59.5 Å². The first kappa shape index (κ1) is 15.5. The molecule has 2 heteroatoms. The van der Waals surface area contributed by atoms with Crippen molar-refractivity contribution in [3.05, 3.63) is 33.9 Å². The van der Waals surface area contributed by atoms with Crippen molar-refractivity contribution in [2.24, 2.45) is 5.73 Å². The van der Waals surface area contributed by atoms with Gasteiger partial charge >= 0.3 is 0 Å². The van der Waals surface area contributed by atoms with Crippen molar-refractivity contribution in [3.8, 4) is 0 Å². The molecule has 0 aliphatic carbocycles. The highest BCUT2D eigenvalue weighted by molar-refractivity contribution is 5.45. The molecule has 20 heavy (non-hydrogen) atoms. The van der Waals surface area contributed by atoms with Gasteiger partial charge in [0.25, 0.3) is 0 Å². The highest BCUT2D eigenvalue weighted by Crippen LogP contribution is 2.27. The van der Waals surface area contributed by atoms with Crippen LogP contribution in [0.4, 0.5) is 0 Å². The molecule has 1 unspecified atom stereocenters. The van der Waals surface area contributed by atoms with Crippen LogP contribution >= 0.6 is 0 Å². The van der Waals surface area contributed by atoms with E-state index < -0.39 is 0 Å². The Morgan fingerprint density at radius 2 is 1.45 bits per heavy atom. The zero-order valence-corrected chi connectivity index (χ0v) is 13.6. The van der Waals surface area contributed by atoms with Gasteiger partial charge in [-0.3, -0.25) is 0 Å². The standard InChI is InChI=1S/C18H30N2/c1-13-11-14(2)16(4)18(15(13)3)17(19)12-20-9-7-5-6-8-10-20/h11,17H,5-10,12,19H2,1-4H3. The number of nitrogens with two attached hydrogens (primary N) is 1. The van der Waals surface area contributed by atoms with Gasteiger partial charge in [0.05, 0.1) is 0 Å². The SMILES string of the molecule is Cc1cc(C)c(C)c(C(N)CN2CCCCCC2)c1C. The van der Waals surface area contributed by atoms with E-state index in [1.54, 1.807) is 0 Å². The van der Waals surface area contributed by atoms with Gasteiger partial charge < -0.3 is 10.6 Å². The molecule has 2 N–H and O–H groups in total. The molecule has 1 aliphatic rings. The van der Waals surface area contributed by atoms with Crippen molar-refractivity contribution in [2.45, 2.75) is 59.4 Å². The molecule has 1 atom stereocenters. The highest BCUT2D eigenvalue weighted by atomic mass is 15.1. The van der Waals surface area contributed by atoms with Gasteiger partial charge in [-0.1, -0.05) is 18.9 Å². The maximum Gasteiger partial charge on any atom is 0.0429 e. The number of hydrogen-bond donors (Lipinski definition) is 1. The second kappa shape index (κ2) is 6.73. The fourth-order valence-corrected chi connectivity index (χ4v) is 3.49. The second-order valence-electron chi connectivity index (χ2n) is 6.50. The number of nitrogens with zero attached hydrogens (tertiary/aromatic N) is 1. The van der Waals surface area contributed by atoms with Crippen molar-refractivity contribution < 1.29 is 0 Å². The number of hydrogen-bond acceptors (Lipinski definition) is 2. The van der Waals surface area contributed by atoms with Crippen LogP contribution in [0.2, 0.25) is 0 Å². The minimum atomic E-state index is 0.145. The minimum Gasteiger partial charge on any atom is -0.323 e. The van der Waals surface area contributed by atoms with Crippen molar-refractivity contribution >= 4 is 0 Å². The summed E-state index contributed by atoms with van der Waals surface area (Å²) in [5, 5.41) is 0. The smallest absolute Gasteiger partial charge is 0.0429 e. The fourth-order valence-electron chi connectivity index (χ4n) is 3.49. The third-order valence-electron chi connectivity index (χ3n) is 4.95. The van der Waals surface area contributed by atoms with Gasteiger partial charge in [0.15, 0.2) is 0 Å². The summed E-state index contributed by atoms with van der Waals surface area (Å²) >= 11 is 0. The molecule has 0 amide bonds. The highest BCUT2D eigenvalue weighted by Gasteiger charge is 2.19. The lowest BCUT2D eigenvalue weighted by Gasteiger charge is -2.27. The molecule has 0 saturated carbocycles. The van der Waals surface area contributed by atoms with Gasteiger partial charge in [0.2, 0.25) is 0 Å². The van der Waals surface area contributed by atoms with Crippen LogP contribution in [-0.2, 0) is 0 Å². The minimum absolute atomic E-state index is 0.145. The van der Waals surface area contributed by atoms with E-state index in [2.05, 4.69) is 38.7 Å². The van der Waals surface area contributed by atoms with E-state index in [0.717, 1.165) is 6.54 Å². The normalized spacial score (nSPS) is 18.9. The summed E-state index contributed by atoms with van der Waals surface area (Å²) in [7, 11) is 0. The molecule has 0 spiro atoms. The lowest BCUT2D eigenvalue weighted by atomic mass is 9.90. The average molecular weight is 274 g/mol. The van der Waals surface area contributed by atoms with E-state index in [4.69, 9.17) is 5.73 Å². The van der Waals surface area contributed by atoms with Gasteiger partial charge in [0, 0.05) is 12.6 Å². The van der Waals surface area contributed by atoms with E-state index in [1.165, 1.54) is 66.6 Å². The number of aryl methyl sites for hydroxylation is 2. The third-order valence-corrected chi connectivity index (χ3v) is 4.95. The molecule has 0 aromatic heterocycles. The summed E-state index contributed by atoms with van der Waals surface area (Å²) in [6.45, 7) is 12.3. The van der Waals surface area contributed by atoms with E-state index >= 15 is 0 Å². The van der Waals surface area contributed by atoms with Crippen LogP contribution in [0.15, 0.2) is 6.07 Å². The summed E-state index contributed by atoms with van der Waals surface area (Å²) in [5.74, 6) is 0. The Morgan fingerprint density at radius 1 is 0.950 bits per heavy atom. The summed E-state index contributed by atoms with van der Waals surface area (Å²) in [6, 6.07) is 2.43. The van der Waals surface area contributed by atoms with Crippen molar-refractivity contribution in [3.63, 3.8) is 0 Å². The maximum absolute atomic E-state index is 6.57. The zero-order valence-electron chi connectivity index (χ0n) is 13.6. The number of likely N-dealkylation sites (tertiary alicyclic amines) is 1. The maximum atomic E-state index is 6.57. The monoisotopic (exact) mass is 274 g/mol. The molecule has 0 radical (unpaired) electrons. The Kier molecular flexibility index (Phi) is 5.22. The molecule has 2 rings (SSSR count). The third kappa shape index (κ3) is 3.42. The molecule has 1 aromatic rings. The molecule has 0 bridgehead atoms. The predicted octanol–water partition coefficient (Wildman–Crippen LogP) is 3.80. The molecule has 1 aliphatic heterocycles. The molecule has 2 nitrogen and oxygen atoms in total. The number of rotatable bonds is 3. The Hall–Kier alpha value is -0.860. The summed E-state index contributed by atoms with van der Waals surface area (Å²) < 4.78 is 0. The summed E-state index contributed by atoms with van der Waals surface area (Å²) in [4.78, 5) is 2.56. The molecule has 1 fully saturated rings. The topological polar surface area (TPSA) is 29.3 Å². The Labute approximate surface area is 124 Å². The van der Waals surface area contributed by atoms with Crippen LogP contribution in [0.5, 0.6) is 0 Å². The average Bonchev–Trinajstić information content (AvgIpc) is 2.65. The molecule has 1 heterocycles. The van der Waals surface area contributed by atoms with Crippen LogP contribution in [0.3, 0.4) is 0 Å². The zero-order chi connectivity index (χ0) is 14.7. The lowest BCUT2D eigenvalue weighted by molar-refractivity contribution is 0.267. The van der Waals surface area contributed by atoms with Crippen LogP contribution in [0, 0.1) is 27.7 Å². The van der Waals surface area contributed by atoms with Gasteiger partial charge in [-0.2, -0.15) is 0 Å². The van der Waals surface area contributed by atoms with E-state index in [9.17, 15) is 0 Å². The Bertz CT molecular complexity index is 431. The Morgan fingerprint density at radius 3 is 1.95 bits per heavy atom. The van der Waals surface area contributed by atoms with Gasteiger partial charge in [-0.25, -0.2) is 0 Å². The second-order valence-corrected chi connectivity index (χ2v) is 6.50. The first-order chi connectivity index (χ1) is 9.50. The van der Waals surface area contributed by atoms with E-state index in [0.29, 0.717) is 0 Å². The Balaban J connectivity index is 2.18. The van der Waals surface area contributed by atoms with E-state index in [1.807, 2.05) is 0 Å². The summed E-state index contributed by atoms with van der Waals surface area (Å²) in [5.41, 5.74) is 13.5. The first-order valence-corrected chi connectivity index (χ1v) is 8.06. The quantitative estimate of drug-likeness (QED) is 0.908. The lowest BCUT2D eigenvalue weighted by Crippen LogP contribution is -2.33. The van der Waals surface area contributed by atoms with Crippen molar-refractivity contribution in [2.75, 3.05) is 19.6 Å². The summed E-state index contributed by atoms with van der Waals surface area (Å²) in [6.07, 6.45) is 5.43. The first-order valence-electron chi connectivity index (χ1n) is 8.06. The molecule has 1 aromatic carbocycles. The molecule has 112 valence electrons. The van der Waals surface area contributed by atoms with Crippen molar-refractivity contribution in [1.82, 2.24) is 4.90 Å². The number of benzene rings is 1. The predicted molar refractivity (Wildman–Crippen MR) is 87.2 cm³/mol. The fraction of sp³-hybridized carbons (Fsp3) is 0.667. The largest absolute Gasteiger partial charge is 0.323 e. The molecular weight excluding hydrogens is 244 g/mol. The van der Waals surface area contributed by atoms with Gasteiger partial charge in [-0.15, -0.1) is 0 Å².